The van der Waals surface area contributed by atoms with Crippen molar-refractivity contribution in [2.24, 2.45) is 4.99 Å². The number of benzene rings is 1. The summed E-state index contributed by atoms with van der Waals surface area (Å²) in [5, 5.41) is 0. The number of hydrogen-bond acceptors (Lipinski definition) is 2. The molecule has 0 N–H and O–H groups in total. The van der Waals surface area contributed by atoms with E-state index in [1.807, 2.05) is 31.2 Å². The van der Waals surface area contributed by atoms with Gasteiger partial charge in [-0.25, -0.2) is 0 Å². The molecule has 0 aromatic heterocycles. The molecule has 0 aliphatic rings. The van der Waals surface area contributed by atoms with E-state index >= 15 is 0 Å². The number of aryl methyl sites for hydroxylation is 1. The van der Waals surface area contributed by atoms with Crippen molar-refractivity contribution >= 4 is 11.7 Å². The fourth-order valence-electron chi connectivity index (χ4n) is 1.10. The van der Waals surface area contributed by atoms with E-state index in [-0.39, 0.29) is 0 Å². The maximum absolute atomic E-state index is 5.40. The van der Waals surface area contributed by atoms with Gasteiger partial charge in [-0.15, -0.1) is 0 Å². The molecule has 1 aromatic carbocycles. The van der Waals surface area contributed by atoms with Crippen LogP contribution in [0.15, 0.2) is 35.8 Å². The van der Waals surface area contributed by atoms with Gasteiger partial charge in [-0.05, 0) is 13.0 Å². The maximum atomic E-state index is 5.40. The average molecular weight is 189 g/mol. The third-order valence-electron chi connectivity index (χ3n) is 1.93. The lowest BCUT2D eigenvalue weighted by molar-refractivity contribution is 0.504. The second kappa shape index (κ2) is 4.61. The van der Waals surface area contributed by atoms with E-state index in [0.717, 1.165) is 5.56 Å². The summed E-state index contributed by atoms with van der Waals surface area (Å²) >= 11 is 0. The van der Waals surface area contributed by atoms with E-state index in [0.29, 0.717) is 11.7 Å². The van der Waals surface area contributed by atoms with Gasteiger partial charge in [0.2, 0.25) is 0 Å². The normalized spacial score (nSPS) is 11.2. The molecule has 2 heteroatoms. The Balaban J connectivity index is 2.80. The summed E-state index contributed by atoms with van der Waals surface area (Å²) in [6.07, 6.45) is 0. The van der Waals surface area contributed by atoms with Gasteiger partial charge in [0.25, 0.3) is 0 Å². The Labute approximate surface area is 84.9 Å². The summed E-state index contributed by atoms with van der Waals surface area (Å²) in [4.78, 5) is 3.91. The van der Waals surface area contributed by atoms with Crippen LogP contribution in [-0.2, 0) is 4.74 Å². The Kier molecular flexibility index (Phi) is 3.46. The molecule has 0 unspecified atom stereocenters. The summed E-state index contributed by atoms with van der Waals surface area (Å²) in [6.45, 7) is 7.70. The van der Waals surface area contributed by atoms with E-state index in [1.165, 1.54) is 5.56 Å². The first-order valence-corrected chi connectivity index (χ1v) is 4.50. The van der Waals surface area contributed by atoms with Crippen molar-refractivity contribution in [2.45, 2.75) is 13.8 Å². The fourth-order valence-corrected chi connectivity index (χ4v) is 1.10. The number of nitrogens with zero attached hydrogens (tertiary/aromatic N) is 1. The Morgan fingerprint density at radius 2 is 2.14 bits per heavy atom. The Morgan fingerprint density at radius 1 is 1.43 bits per heavy atom. The first-order valence-electron chi connectivity index (χ1n) is 4.50. The minimum absolute atomic E-state index is 0.622. The largest absolute Gasteiger partial charge is 0.444 e. The van der Waals surface area contributed by atoms with Crippen molar-refractivity contribution < 1.29 is 4.74 Å². The molecule has 0 aliphatic carbocycles. The predicted molar refractivity (Wildman–Crippen MR) is 60.3 cm³/mol. The third-order valence-corrected chi connectivity index (χ3v) is 1.93. The zero-order valence-corrected chi connectivity index (χ0v) is 8.87. The zero-order valence-electron chi connectivity index (χ0n) is 8.87. The van der Waals surface area contributed by atoms with Gasteiger partial charge in [0.1, 0.15) is 5.76 Å². The monoisotopic (exact) mass is 189 g/mol. The average Bonchev–Trinajstić information content (AvgIpc) is 2.17. The van der Waals surface area contributed by atoms with Crippen LogP contribution >= 0.6 is 0 Å². The predicted octanol–water partition coefficient (Wildman–Crippen LogP) is 3.03. The van der Waals surface area contributed by atoms with Crippen LogP contribution in [0.1, 0.15) is 18.1 Å². The molecule has 0 saturated carbocycles. The molecule has 0 bridgehead atoms. The standard InChI is InChI=1S/C12H15NO/c1-9-6-5-7-12(8-9)10(2)14-11(3)13-4/h5-8H,2H2,1,3-4H3. The molecular formula is C12H15NO. The molecule has 0 fully saturated rings. The van der Waals surface area contributed by atoms with E-state index in [9.17, 15) is 0 Å². The van der Waals surface area contributed by atoms with Gasteiger partial charge in [0.05, 0.1) is 0 Å². The van der Waals surface area contributed by atoms with Crippen LogP contribution < -0.4 is 0 Å². The molecule has 0 heterocycles. The molecule has 2 nitrogen and oxygen atoms in total. The fraction of sp³-hybridized carbons (Fsp3) is 0.250. The third kappa shape index (κ3) is 2.73. The van der Waals surface area contributed by atoms with Crippen LogP contribution in [-0.4, -0.2) is 12.9 Å². The van der Waals surface area contributed by atoms with Gasteiger partial charge >= 0.3 is 0 Å². The van der Waals surface area contributed by atoms with Gasteiger partial charge < -0.3 is 4.74 Å². The lowest BCUT2D eigenvalue weighted by atomic mass is 10.1. The number of hydrogen-bond donors (Lipinski definition) is 0. The lowest BCUT2D eigenvalue weighted by Gasteiger charge is -2.07. The second-order valence-corrected chi connectivity index (χ2v) is 3.14. The maximum Gasteiger partial charge on any atom is 0.186 e. The first kappa shape index (κ1) is 10.5. The molecule has 74 valence electrons. The van der Waals surface area contributed by atoms with Crippen LogP contribution in [0.4, 0.5) is 0 Å². The van der Waals surface area contributed by atoms with Crippen LogP contribution in [0, 0.1) is 6.92 Å². The quantitative estimate of drug-likeness (QED) is 0.398. The smallest absolute Gasteiger partial charge is 0.186 e. The van der Waals surface area contributed by atoms with Crippen molar-refractivity contribution in [1.82, 2.24) is 0 Å². The highest BCUT2D eigenvalue weighted by Gasteiger charge is 2.01. The van der Waals surface area contributed by atoms with Gasteiger partial charge in [-0.2, -0.15) is 0 Å². The Morgan fingerprint density at radius 3 is 2.71 bits per heavy atom. The topological polar surface area (TPSA) is 21.6 Å². The van der Waals surface area contributed by atoms with Crippen molar-refractivity contribution in [1.29, 1.82) is 0 Å². The van der Waals surface area contributed by atoms with Crippen molar-refractivity contribution in [2.75, 3.05) is 7.05 Å². The molecule has 0 spiro atoms. The van der Waals surface area contributed by atoms with Gasteiger partial charge in [0.15, 0.2) is 5.90 Å². The molecule has 0 atom stereocenters. The highest BCUT2D eigenvalue weighted by molar-refractivity contribution is 5.80. The first-order chi connectivity index (χ1) is 6.63. The summed E-state index contributed by atoms with van der Waals surface area (Å²) in [5.74, 6) is 1.26. The summed E-state index contributed by atoms with van der Waals surface area (Å²) in [5.41, 5.74) is 2.19. The van der Waals surface area contributed by atoms with Crippen LogP contribution in [0.2, 0.25) is 0 Å². The van der Waals surface area contributed by atoms with Crippen LogP contribution in [0.5, 0.6) is 0 Å². The second-order valence-electron chi connectivity index (χ2n) is 3.14. The molecule has 0 aliphatic heterocycles. The Bertz CT molecular complexity index is 366. The molecule has 1 aromatic rings. The molecule has 1 rings (SSSR count). The highest BCUT2D eigenvalue weighted by Crippen LogP contribution is 2.15. The highest BCUT2D eigenvalue weighted by atomic mass is 16.5. The van der Waals surface area contributed by atoms with E-state index in [2.05, 4.69) is 11.6 Å². The summed E-state index contributed by atoms with van der Waals surface area (Å²) in [6, 6.07) is 8.03. The summed E-state index contributed by atoms with van der Waals surface area (Å²) < 4.78 is 5.40. The van der Waals surface area contributed by atoms with Gasteiger partial charge in [0, 0.05) is 19.5 Å². The van der Waals surface area contributed by atoms with E-state index < -0.39 is 0 Å². The van der Waals surface area contributed by atoms with Crippen LogP contribution in [0.3, 0.4) is 0 Å². The molecule has 14 heavy (non-hydrogen) atoms. The molecule has 0 radical (unpaired) electrons. The van der Waals surface area contributed by atoms with Gasteiger partial charge in [-0.3, -0.25) is 4.99 Å². The van der Waals surface area contributed by atoms with Gasteiger partial charge in [-0.1, -0.05) is 30.3 Å². The van der Waals surface area contributed by atoms with Crippen molar-refractivity contribution in [3.63, 3.8) is 0 Å². The van der Waals surface area contributed by atoms with Crippen LogP contribution in [0.25, 0.3) is 5.76 Å². The van der Waals surface area contributed by atoms with E-state index in [4.69, 9.17) is 4.74 Å². The number of aliphatic imine (C=N–C) groups is 1. The number of rotatable bonds is 2. The Hall–Kier alpha value is -1.57. The number of ether oxygens (including phenoxy) is 1. The minimum atomic E-state index is 0.622. The van der Waals surface area contributed by atoms with Crippen molar-refractivity contribution in [3.05, 3.63) is 42.0 Å². The molecular weight excluding hydrogens is 174 g/mol. The summed E-state index contributed by atoms with van der Waals surface area (Å²) in [7, 11) is 1.69. The molecule has 0 amide bonds. The molecule has 0 saturated heterocycles. The van der Waals surface area contributed by atoms with Crippen molar-refractivity contribution in [3.8, 4) is 0 Å². The lowest BCUT2D eigenvalue weighted by Crippen LogP contribution is -1.98. The SMILES string of the molecule is C=C(OC(C)=NC)c1cccc(C)c1. The zero-order chi connectivity index (χ0) is 10.6. The van der Waals surface area contributed by atoms with E-state index in [1.54, 1.807) is 14.0 Å². The minimum Gasteiger partial charge on any atom is -0.444 e.